The number of halogens is 3. The summed E-state index contributed by atoms with van der Waals surface area (Å²) >= 11 is 0. The predicted molar refractivity (Wildman–Crippen MR) is 80.4 cm³/mol. The molecular formula is C15H13F3N6. The van der Waals surface area contributed by atoms with Gasteiger partial charge in [-0.3, -0.25) is 0 Å². The SMILES string of the molecule is N#Cc1ccnc(N2CCN(c3nccc(C(F)(F)F)n3)CC2)c1. The number of hydrogen-bond acceptors (Lipinski definition) is 6. The van der Waals surface area contributed by atoms with Crippen LogP contribution in [0.1, 0.15) is 11.3 Å². The highest BCUT2D eigenvalue weighted by Crippen LogP contribution is 2.28. The first-order valence-electron chi connectivity index (χ1n) is 7.23. The first kappa shape index (κ1) is 16.0. The van der Waals surface area contributed by atoms with Gasteiger partial charge in [0.15, 0.2) is 0 Å². The molecule has 0 spiro atoms. The topological polar surface area (TPSA) is 68.9 Å². The Labute approximate surface area is 136 Å². The molecule has 2 aromatic rings. The number of alkyl halides is 3. The van der Waals surface area contributed by atoms with E-state index in [9.17, 15) is 13.2 Å². The summed E-state index contributed by atoms with van der Waals surface area (Å²) in [5, 5.41) is 8.93. The number of piperazine rings is 1. The van der Waals surface area contributed by atoms with Gasteiger partial charge in [0.25, 0.3) is 0 Å². The Morgan fingerprint density at radius 1 is 1.00 bits per heavy atom. The highest BCUT2D eigenvalue weighted by molar-refractivity contribution is 5.47. The molecule has 1 saturated heterocycles. The zero-order valence-corrected chi connectivity index (χ0v) is 12.5. The first-order valence-corrected chi connectivity index (χ1v) is 7.23. The molecule has 6 nitrogen and oxygen atoms in total. The van der Waals surface area contributed by atoms with Gasteiger partial charge in [0, 0.05) is 38.6 Å². The Bertz CT molecular complexity index is 762. The average molecular weight is 334 g/mol. The maximum atomic E-state index is 12.7. The third-order valence-electron chi connectivity index (χ3n) is 3.69. The molecule has 2 aromatic heterocycles. The molecule has 124 valence electrons. The van der Waals surface area contributed by atoms with E-state index in [1.54, 1.807) is 23.2 Å². The molecule has 0 aliphatic carbocycles. The Balaban J connectivity index is 1.70. The highest BCUT2D eigenvalue weighted by Gasteiger charge is 2.33. The van der Waals surface area contributed by atoms with Gasteiger partial charge in [-0.1, -0.05) is 0 Å². The van der Waals surface area contributed by atoms with E-state index in [1.807, 2.05) is 4.90 Å². The summed E-state index contributed by atoms with van der Waals surface area (Å²) in [7, 11) is 0. The number of rotatable bonds is 2. The van der Waals surface area contributed by atoms with Crippen LogP contribution < -0.4 is 9.80 Å². The summed E-state index contributed by atoms with van der Waals surface area (Å²) in [6, 6.07) is 6.23. The molecule has 0 atom stereocenters. The molecule has 9 heteroatoms. The second-order valence-corrected chi connectivity index (χ2v) is 5.23. The van der Waals surface area contributed by atoms with Gasteiger partial charge in [-0.15, -0.1) is 0 Å². The first-order chi connectivity index (χ1) is 11.5. The third-order valence-corrected chi connectivity index (χ3v) is 3.69. The fraction of sp³-hybridized carbons (Fsp3) is 0.333. The molecule has 1 aliphatic heterocycles. The Morgan fingerprint density at radius 2 is 1.67 bits per heavy atom. The fourth-order valence-corrected chi connectivity index (χ4v) is 2.46. The van der Waals surface area contributed by atoms with Crippen molar-refractivity contribution < 1.29 is 13.2 Å². The lowest BCUT2D eigenvalue weighted by molar-refractivity contribution is -0.141. The van der Waals surface area contributed by atoms with Crippen LogP contribution in [-0.4, -0.2) is 41.1 Å². The summed E-state index contributed by atoms with van der Waals surface area (Å²) in [6.07, 6.45) is -1.80. The minimum atomic E-state index is -4.48. The van der Waals surface area contributed by atoms with Crippen LogP contribution in [-0.2, 0) is 6.18 Å². The second-order valence-electron chi connectivity index (χ2n) is 5.23. The third kappa shape index (κ3) is 3.37. The molecule has 0 unspecified atom stereocenters. The zero-order valence-electron chi connectivity index (χ0n) is 12.5. The van der Waals surface area contributed by atoms with Crippen molar-refractivity contribution in [3.63, 3.8) is 0 Å². The lowest BCUT2D eigenvalue weighted by Crippen LogP contribution is -2.47. The predicted octanol–water partition coefficient (Wildman–Crippen LogP) is 2.09. The van der Waals surface area contributed by atoms with E-state index in [0.29, 0.717) is 37.6 Å². The zero-order chi connectivity index (χ0) is 17.2. The highest BCUT2D eigenvalue weighted by atomic mass is 19.4. The van der Waals surface area contributed by atoms with Crippen molar-refractivity contribution in [2.45, 2.75) is 6.18 Å². The van der Waals surface area contributed by atoms with Gasteiger partial charge in [-0.25, -0.2) is 15.0 Å². The maximum Gasteiger partial charge on any atom is 0.433 e. The van der Waals surface area contributed by atoms with Crippen molar-refractivity contribution in [2.24, 2.45) is 0 Å². The van der Waals surface area contributed by atoms with Gasteiger partial charge in [0.2, 0.25) is 5.95 Å². The Morgan fingerprint density at radius 3 is 2.33 bits per heavy atom. The molecule has 1 aliphatic rings. The van der Waals surface area contributed by atoms with Gasteiger partial charge in [-0.05, 0) is 18.2 Å². The van der Waals surface area contributed by atoms with Crippen LogP contribution in [0, 0.1) is 11.3 Å². The smallest absolute Gasteiger partial charge is 0.353 e. The van der Waals surface area contributed by atoms with Crippen molar-refractivity contribution in [1.82, 2.24) is 15.0 Å². The molecule has 3 rings (SSSR count). The lowest BCUT2D eigenvalue weighted by Gasteiger charge is -2.35. The standard InChI is InChI=1S/C15H13F3N6/c16-15(17,18)12-2-4-21-14(22-12)24-7-5-23(6-8-24)13-9-11(10-19)1-3-20-13/h1-4,9H,5-8H2. The van der Waals surface area contributed by atoms with Crippen molar-refractivity contribution in [3.05, 3.63) is 41.9 Å². The van der Waals surface area contributed by atoms with Crippen LogP contribution in [0.3, 0.4) is 0 Å². The number of anilines is 2. The van der Waals surface area contributed by atoms with Crippen LogP contribution in [0.2, 0.25) is 0 Å². The van der Waals surface area contributed by atoms with E-state index in [4.69, 9.17) is 5.26 Å². The minimum Gasteiger partial charge on any atom is -0.353 e. The average Bonchev–Trinajstić information content (AvgIpc) is 2.61. The summed E-state index contributed by atoms with van der Waals surface area (Å²) in [6.45, 7) is 2.06. The minimum absolute atomic E-state index is 0.0724. The molecule has 0 aromatic carbocycles. The summed E-state index contributed by atoms with van der Waals surface area (Å²) in [5.41, 5.74) is -0.429. The van der Waals surface area contributed by atoms with E-state index >= 15 is 0 Å². The van der Waals surface area contributed by atoms with Crippen molar-refractivity contribution >= 4 is 11.8 Å². The molecule has 24 heavy (non-hydrogen) atoms. The quantitative estimate of drug-likeness (QED) is 0.838. The van der Waals surface area contributed by atoms with Crippen LogP contribution in [0.15, 0.2) is 30.6 Å². The van der Waals surface area contributed by atoms with Crippen LogP contribution in [0.5, 0.6) is 0 Å². The summed E-state index contributed by atoms with van der Waals surface area (Å²) in [4.78, 5) is 15.5. The van der Waals surface area contributed by atoms with E-state index in [1.165, 1.54) is 0 Å². The molecule has 1 fully saturated rings. The summed E-state index contributed by atoms with van der Waals surface area (Å²) < 4.78 is 38.2. The van der Waals surface area contributed by atoms with Crippen molar-refractivity contribution in [1.29, 1.82) is 5.26 Å². The molecule has 0 radical (unpaired) electrons. The van der Waals surface area contributed by atoms with Crippen molar-refractivity contribution in [2.75, 3.05) is 36.0 Å². The number of nitriles is 1. The van der Waals surface area contributed by atoms with Gasteiger partial charge < -0.3 is 9.80 Å². The van der Waals surface area contributed by atoms with E-state index in [-0.39, 0.29) is 5.95 Å². The normalized spacial score (nSPS) is 15.2. The Kier molecular flexibility index (Phi) is 4.20. The maximum absolute atomic E-state index is 12.7. The lowest BCUT2D eigenvalue weighted by atomic mass is 10.2. The number of pyridine rings is 1. The molecule has 0 amide bonds. The number of aromatic nitrogens is 3. The van der Waals surface area contributed by atoms with E-state index in [0.717, 1.165) is 12.3 Å². The van der Waals surface area contributed by atoms with Gasteiger partial charge >= 0.3 is 6.18 Å². The van der Waals surface area contributed by atoms with Gasteiger partial charge in [-0.2, -0.15) is 18.4 Å². The largest absolute Gasteiger partial charge is 0.433 e. The number of nitrogens with zero attached hydrogens (tertiary/aromatic N) is 6. The molecule has 0 saturated carbocycles. The van der Waals surface area contributed by atoms with Crippen LogP contribution >= 0.6 is 0 Å². The molecule has 3 heterocycles. The van der Waals surface area contributed by atoms with Crippen LogP contribution in [0.25, 0.3) is 0 Å². The molecule has 0 bridgehead atoms. The Hall–Kier alpha value is -2.89. The second kappa shape index (κ2) is 6.31. The fourth-order valence-electron chi connectivity index (χ4n) is 2.46. The molecule has 0 N–H and O–H groups in total. The van der Waals surface area contributed by atoms with E-state index in [2.05, 4.69) is 21.0 Å². The van der Waals surface area contributed by atoms with Crippen LogP contribution in [0.4, 0.5) is 24.9 Å². The van der Waals surface area contributed by atoms with E-state index < -0.39 is 11.9 Å². The van der Waals surface area contributed by atoms with Crippen molar-refractivity contribution in [3.8, 4) is 6.07 Å². The van der Waals surface area contributed by atoms with Gasteiger partial charge in [0.05, 0.1) is 11.6 Å². The molecular weight excluding hydrogens is 321 g/mol. The summed E-state index contributed by atoms with van der Waals surface area (Å²) in [5.74, 6) is 0.752. The van der Waals surface area contributed by atoms with Gasteiger partial charge in [0.1, 0.15) is 11.5 Å². The monoisotopic (exact) mass is 334 g/mol. The number of hydrogen-bond donors (Lipinski definition) is 0.